The van der Waals surface area contributed by atoms with Crippen molar-refractivity contribution < 1.29 is 4.74 Å². The van der Waals surface area contributed by atoms with Gasteiger partial charge in [0.2, 0.25) is 0 Å². The van der Waals surface area contributed by atoms with E-state index in [0.717, 1.165) is 19.6 Å². The van der Waals surface area contributed by atoms with Crippen LogP contribution in [0.25, 0.3) is 0 Å². The number of rotatable bonds is 3. The van der Waals surface area contributed by atoms with Gasteiger partial charge in [0, 0.05) is 13.2 Å². The Hall–Kier alpha value is -0.120. The summed E-state index contributed by atoms with van der Waals surface area (Å²) < 4.78 is 5.66. The minimum Gasteiger partial charge on any atom is -0.374 e. The van der Waals surface area contributed by atoms with Crippen LogP contribution in [0.1, 0.15) is 27.2 Å². The lowest BCUT2D eigenvalue weighted by molar-refractivity contribution is -0.00824. The van der Waals surface area contributed by atoms with Gasteiger partial charge in [-0.05, 0) is 26.8 Å². The maximum Gasteiger partial charge on any atom is 0.0820 e. The first-order chi connectivity index (χ1) is 5.58. The lowest BCUT2D eigenvalue weighted by Crippen LogP contribution is -2.61. The first-order valence-corrected chi connectivity index (χ1v) is 4.67. The molecule has 3 heteroatoms. The van der Waals surface area contributed by atoms with E-state index in [4.69, 9.17) is 10.5 Å². The molecule has 1 heterocycles. The van der Waals surface area contributed by atoms with Crippen molar-refractivity contribution in [2.24, 2.45) is 5.73 Å². The van der Waals surface area contributed by atoms with Crippen LogP contribution in [-0.4, -0.2) is 30.8 Å². The van der Waals surface area contributed by atoms with Gasteiger partial charge in [-0.25, -0.2) is 0 Å². The second-order valence-electron chi connectivity index (χ2n) is 3.93. The molecule has 1 aliphatic heterocycles. The van der Waals surface area contributed by atoms with Crippen LogP contribution in [0.5, 0.6) is 0 Å². The first kappa shape index (κ1) is 9.96. The fourth-order valence-corrected chi connectivity index (χ4v) is 1.98. The zero-order valence-electron chi connectivity index (χ0n) is 8.31. The second kappa shape index (κ2) is 3.32. The monoisotopic (exact) mass is 172 g/mol. The van der Waals surface area contributed by atoms with E-state index in [1.54, 1.807) is 0 Å². The van der Waals surface area contributed by atoms with Crippen molar-refractivity contribution in [2.75, 3.05) is 19.7 Å². The van der Waals surface area contributed by atoms with Crippen molar-refractivity contribution in [1.29, 1.82) is 0 Å². The molecule has 1 saturated heterocycles. The molecule has 0 amide bonds. The summed E-state index contributed by atoms with van der Waals surface area (Å²) >= 11 is 0. The summed E-state index contributed by atoms with van der Waals surface area (Å²) in [6.45, 7) is 8.73. The Morgan fingerprint density at radius 1 is 1.50 bits per heavy atom. The standard InChI is InChI=1S/C9H20N2O/c1-4-11-9(7-10)5-6-12-8(9,2)3/h11H,4-7,10H2,1-3H3. The minimum atomic E-state index is -0.127. The number of hydrogen-bond donors (Lipinski definition) is 2. The SMILES string of the molecule is CCNC1(CN)CCOC1(C)C. The number of nitrogens with one attached hydrogen (secondary N) is 1. The van der Waals surface area contributed by atoms with E-state index in [1.807, 2.05) is 0 Å². The predicted molar refractivity (Wildman–Crippen MR) is 50.1 cm³/mol. The fourth-order valence-electron chi connectivity index (χ4n) is 1.98. The van der Waals surface area contributed by atoms with E-state index in [1.165, 1.54) is 0 Å². The Bertz CT molecular complexity index is 159. The van der Waals surface area contributed by atoms with Crippen molar-refractivity contribution in [2.45, 2.75) is 38.3 Å². The molecule has 1 fully saturated rings. The van der Waals surface area contributed by atoms with Gasteiger partial charge in [-0.1, -0.05) is 6.92 Å². The van der Waals surface area contributed by atoms with Crippen molar-refractivity contribution in [3.05, 3.63) is 0 Å². The molecule has 0 aromatic heterocycles. The van der Waals surface area contributed by atoms with Crippen LogP contribution in [0.15, 0.2) is 0 Å². The maximum absolute atomic E-state index is 5.79. The highest BCUT2D eigenvalue weighted by Gasteiger charge is 2.48. The molecule has 0 aliphatic carbocycles. The van der Waals surface area contributed by atoms with Gasteiger partial charge in [-0.3, -0.25) is 0 Å². The minimum absolute atomic E-state index is 0.0122. The summed E-state index contributed by atoms with van der Waals surface area (Å²) in [5.74, 6) is 0. The zero-order chi connectivity index (χ0) is 9.24. The van der Waals surface area contributed by atoms with Crippen LogP contribution in [0.2, 0.25) is 0 Å². The molecule has 72 valence electrons. The third-order valence-corrected chi connectivity index (χ3v) is 3.01. The highest BCUT2D eigenvalue weighted by molar-refractivity contribution is 5.06. The van der Waals surface area contributed by atoms with Gasteiger partial charge in [0.25, 0.3) is 0 Å². The van der Waals surface area contributed by atoms with Crippen LogP contribution in [-0.2, 0) is 4.74 Å². The molecule has 0 aromatic rings. The largest absolute Gasteiger partial charge is 0.374 e. The molecule has 3 nitrogen and oxygen atoms in total. The Morgan fingerprint density at radius 2 is 2.17 bits per heavy atom. The van der Waals surface area contributed by atoms with E-state index >= 15 is 0 Å². The molecule has 1 rings (SSSR count). The Balaban J connectivity index is 2.76. The molecule has 0 bridgehead atoms. The number of nitrogens with two attached hydrogens (primary N) is 1. The van der Waals surface area contributed by atoms with Gasteiger partial charge >= 0.3 is 0 Å². The molecule has 1 aliphatic rings. The van der Waals surface area contributed by atoms with E-state index < -0.39 is 0 Å². The molecular weight excluding hydrogens is 152 g/mol. The summed E-state index contributed by atoms with van der Waals surface area (Å²) in [6, 6.07) is 0. The molecule has 0 aromatic carbocycles. The zero-order valence-corrected chi connectivity index (χ0v) is 8.31. The highest BCUT2D eigenvalue weighted by atomic mass is 16.5. The van der Waals surface area contributed by atoms with Crippen LogP contribution < -0.4 is 11.1 Å². The Labute approximate surface area is 74.7 Å². The van der Waals surface area contributed by atoms with E-state index in [9.17, 15) is 0 Å². The van der Waals surface area contributed by atoms with Crippen molar-refractivity contribution in [3.63, 3.8) is 0 Å². The Kier molecular flexibility index (Phi) is 2.76. The van der Waals surface area contributed by atoms with Crippen LogP contribution >= 0.6 is 0 Å². The third-order valence-electron chi connectivity index (χ3n) is 3.01. The lowest BCUT2D eigenvalue weighted by Gasteiger charge is -2.39. The van der Waals surface area contributed by atoms with Gasteiger partial charge < -0.3 is 15.8 Å². The second-order valence-corrected chi connectivity index (χ2v) is 3.93. The first-order valence-electron chi connectivity index (χ1n) is 4.67. The molecule has 1 unspecified atom stereocenters. The van der Waals surface area contributed by atoms with Crippen LogP contribution in [0, 0.1) is 0 Å². The fraction of sp³-hybridized carbons (Fsp3) is 1.00. The molecule has 0 radical (unpaired) electrons. The van der Waals surface area contributed by atoms with Crippen LogP contribution in [0.4, 0.5) is 0 Å². The van der Waals surface area contributed by atoms with Gasteiger partial charge in [-0.15, -0.1) is 0 Å². The molecule has 1 atom stereocenters. The average molecular weight is 172 g/mol. The average Bonchev–Trinajstić information content (AvgIpc) is 2.29. The van der Waals surface area contributed by atoms with Gasteiger partial charge in [0.05, 0.1) is 11.1 Å². The van der Waals surface area contributed by atoms with Crippen molar-refractivity contribution in [1.82, 2.24) is 5.32 Å². The number of hydrogen-bond acceptors (Lipinski definition) is 3. The quantitative estimate of drug-likeness (QED) is 0.651. The molecule has 12 heavy (non-hydrogen) atoms. The van der Waals surface area contributed by atoms with E-state index in [2.05, 4.69) is 26.1 Å². The smallest absolute Gasteiger partial charge is 0.0820 e. The summed E-state index contributed by atoms with van der Waals surface area (Å²) in [5, 5.41) is 3.45. The Morgan fingerprint density at radius 3 is 2.50 bits per heavy atom. The van der Waals surface area contributed by atoms with E-state index in [0.29, 0.717) is 6.54 Å². The summed E-state index contributed by atoms with van der Waals surface area (Å²) in [6.07, 6.45) is 1.02. The van der Waals surface area contributed by atoms with Gasteiger partial charge in [0.15, 0.2) is 0 Å². The summed E-state index contributed by atoms with van der Waals surface area (Å²) in [7, 11) is 0. The molecular formula is C9H20N2O. The van der Waals surface area contributed by atoms with Gasteiger partial charge in [-0.2, -0.15) is 0 Å². The number of likely N-dealkylation sites (N-methyl/N-ethyl adjacent to an activating group) is 1. The van der Waals surface area contributed by atoms with Crippen LogP contribution in [0.3, 0.4) is 0 Å². The lowest BCUT2D eigenvalue weighted by atomic mass is 9.82. The highest BCUT2D eigenvalue weighted by Crippen LogP contribution is 2.34. The summed E-state index contributed by atoms with van der Waals surface area (Å²) in [5.41, 5.74) is 5.65. The van der Waals surface area contributed by atoms with Crippen molar-refractivity contribution >= 4 is 0 Å². The summed E-state index contributed by atoms with van der Waals surface area (Å²) in [4.78, 5) is 0. The predicted octanol–water partition coefficient (Wildman–Crippen LogP) is 0.492. The van der Waals surface area contributed by atoms with E-state index in [-0.39, 0.29) is 11.1 Å². The molecule has 0 saturated carbocycles. The topological polar surface area (TPSA) is 47.3 Å². The molecule has 3 N–H and O–H groups in total. The van der Waals surface area contributed by atoms with Crippen molar-refractivity contribution in [3.8, 4) is 0 Å². The van der Waals surface area contributed by atoms with Gasteiger partial charge in [0.1, 0.15) is 0 Å². The maximum atomic E-state index is 5.79. The normalized spacial score (nSPS) is 34.0. The third kappa shape index (κ3) is 1.37. The number of ether oxygens (including phenoxy) is 1. The molecule has 0 spiro atoms.